The van der Waals surface area contributed by atoms with Crippen molar-refractivity contribution in [3.63, 3.8) is 0 Å². The molecule has 0 aromatic heterocycles. The summed E-state index contributed by atoms with van der Waals surface area (Å²) in [7, 11) is 0. The molecule has 1 aliphatic rings. The van der Waals surface area contributed by atoms with E-state index >= 15 is 0 Å². The van der Waals surface area contributed by atoms with E-state index in [0.29, 0.717) is 13.0 Å². The number of rotatable bonds is 1. The molecule has 0 radical (unpaired) electrons. The molecule has 4 nitrogen and oxygen atoms in total. The number of hydrogen-bond acceptors (Lipinski definition) is 2. The van der Waals surface area contributed by atoms with Gasteiger partial charge in [0.2, 0.25) is 5.91 Å². The number of primary amides is 1. The van der Waals surface area contributed by atoms with Crippen LogP contribution in [-0.2, 0) is 9.59 Å². The highest BCUT2D eigenvalue weighted by atomic mass is 16.2. The van der Waals surface area contributed by atoms with E-state index in [9.17, 15) is 9.59 Å². The minimum atomic E-state index is -0.451. The van der Waals surface area contributed by atoms with Crippen molar-refractivity contribution in [2.45, 2.75) is 25.8 Å². The fourth-order valence-corrected chi connectivity index (χ4v) is 1.48. The fraction of sp³-hybridized carbons (Fsp3) is 0.556. The van der Waals surface area contributed by atoms with Gasteiger partial charge in [0.05, 0.1) is 0 Å². The van der Waals surface area contributed by atoms with E-state index in [-0.39, 0.29) is 5.91 Å². The zero-order valence-electron chi connectivity index (χ0n) is 7.54. The van der Waals surface area contributed by atoms with Crippen LogP contribution in [0.5, 0.6) is 0 Å². The van der Waals surface area contributed by atoms with Gasteiger partial charge in [-0.1, -0.05) is 5.92 Å². The van der Waals surface area contributed by atoms with Gasteiger partial charge in [-0.2, -0.15) is 0 Å². The van der Waals surface area contributed by atoms with Crippen molar-refractivity contribution in [2.75, 3.05) is 6.54 Å². The molecule has 0 aromatic carbocycles. The molecule has 2 N–H and O–H groups in total. The van der Waals surface area contributed by atoms with Crippen molar-refractivity contribution in [1.29, 1.82) is 0 Å². The molecule has 1 rings (SSSR count). The molecule has 1 fully saturated rings. The molecular weight excluding hydrogens is 168 g/mol. The van der Waals surface area contributed by atoms with Crippen molar-refractivity contribution in [2.24, 2.45) is 5.73 Å². The second-order valence-electron chi connectivity index (χ2n) is 2.93. The van der Waals surface area contributed by atoms with Gasteiger partial charge >= 0.3 is 0 Å². The number of nitrogens with two attached hydrogens (primary N) is 1. The third kappa shape index (κ3) is 2.00. The van der Waals surface area contributed by atoms with Gasteiger partial charge in [0.1, 0.15) is 6.04 Å². The molecule has 0 bridgehead atoms. The van der Waals surface area contributed by atoms with E-state index in [1.807, 2.05) is 0 Å². The van der Waals surface area contributed by atoms with Crippen molar-refractivity contribution >= 4 is 11.8 Å². The Morgan fingerprint density at radius 2 is 2.23 bits per heavy atom. The smallest absolute Gasteiger partial charge is 0.299 e. The third-order valence-corrected chi connectivity index (χ3v) is 2.07. The zero-order valence-corrected chi connectivity index (χ0v) is 7.54. The summed E-state index contributed by atoms with van der Waals surface area (Å²) in [6.07, 6.45) is 1.48. The number of nitrogens with zero attached hydrogens (tertiary/aromatic N) is 1. The van der Waals surface area contributed by atoms with Crippen molar-refractivity contribution < 1.29 is 9.59 Å². The van der Waals surface area contributed by atoms with E-state index in [0.717, 1.165) is 6.42 Å². The maximum Gasteiger partial charge on any atom is 0.299 e. The molecule has 4 heteroatoms. The quantitative estimate of drug-likeness (QED) is 0.552. The highest BCUT2D eigenvalue weighted by molar-refractivity contribution is 5.97. The molecule has 1 aliphatic heterocycles. The molecule has 0 saturated carbocycles. The largest absolute Gasteiger partial charge is 0.368 e. The number of hydrogen-bond donors (Lipinski definition) is 1. The second-order valence-corrected chi connectivity index (χ2v) is 2.93. The van der Waals surface area contributed by atoms with Crippen molar-refractivity contribution in [1.82, 2.24) is 4.90 Å². The molecule has 70 valence electrons. The Kier molecular flexibility index (Phi) is 2.91. The molecular formula is C9H12N2O2. The van der Waals surface area contributed by atoms with E-state index in [2.05, 4.69) is 11.8 Å². The van der Waals surface area contributed by atoms with E-state index in [1.54, 1.807) is 6.92 Å². The molecule has 1 heterocycles. The Hall–Kier alpha value is -1.50. The average molecular weight is 180 g/mol. The van der Waals surface area contributed by atoms with Gasteiger partial charge in [0, 0.05) is 6.54 Å². The Bertz CT molecular complexity index is 288. The van der Waals surface area contributed by atoms with Gasteiger partial charge in [-0.25, -0.2) is 0 Å². The summed E-state index contributed by atoms with van der Waals surface area (Å²) in [6.45, 7) is 2.17. The Morgan fingerprint density at radius 3 is 2.77 bits per heavy atom. The SMILES string of the molecule is CC#CC(=O)N1CCCC1C(N)=O. The van der Waals surface area contributed by atoms with Gasteiger partial charge in [0.25, 0.3) is 5.91 Å². The van der Waals surface area contributed by atoms with Crippen LogP contribution >= 0.6 is 0 Å². The molecule has 0 aromatic rings. The maximum atomic E-state index is 11.3. The number of carbonyl (C=O) groups is 2. The normalized spacial score (nSPS) is 20.7. The monoisotopic (exact) mass is 180 g/mol. The molecule has 2 amide bonds. The molecule has 1 unspecified atom stereocenters. The summed E-state index contributed by atoms with van der Waals surface area (Å²) in [4.78, 5) is 23.6. The fourth-order valence-electron chi connectivity index (χ4n) is 1.48. The van der Waals surface area contributed by atoms with Crippen molar-refractivity contribution in [3.8, 4) is 11.8 Å². The minimum Gasteiger partial charge on any atom is -0.368 e. The maximum absolute atomic E-state index is 11.3. The summed E-state index contributed by atoms with van der Waals surface area (Å²) < 4.78 is 0. The highest BCUT2D eigenvalue weighted by Crippen LogP contribution is 2.16. The van der Waals surface area contributed by atoms with E-state index < -0.39 is 11.9 Å². The van der Waals surface area contributed by atoms with Crippen LogP contribution in [0.3, 0.4) is 0 Å². The van der Waals surface area contributed by atoms with Crippen LogP contribution in [0.1, 0.15) is 19.8 Å². The average Bonchev–Trinajstić information content (AvgIpc) is 2.52. The van der Waals surface area contributed by atoms with Gasteiger partial charge in [0.15, 0.2) is 0 Å². The van der Waals surface area contributed by atoms with Crippen LogP contribution in [0.15, 0.2) is 0 Å². The van der Waals surface area contributed by atoms with Crippen LogP contribution in [0, 0.1) is 11.8 Å². The molecule has 13 heavy (non-hydrogen) atoms. The first kappa shape index (κ1) is 9.59. The Labute approximate surface area is 77.1 Å². The predicted octanol–water partition coefficient (Wildman–Crippen LogP) is -0.514. The van der Waals surface area contributed by atoms with Gasteiger partial charge < -0.3 is 10.6 Å². The zero-order chi connectivity index (χ0) is 9.84. The van der Waals surface area contributed by atoms with Crippen LogP contribution in [0.2, 0.25) is 0 Å². The van der Waals surface area contributed by atoms with Gasteiger partial charge in [-0.15, -0.1) is 0 Å². The Morgan fingerprint density at radius 1 is 1.54 bits per heavy atom. The molecule has 0 aliphatic carbocycles. The van der Waals surface area contributed by atoms with Crippen molar-refractivity contribution in [3.05, 3.63) is 0 Å². The topological polar surface area (TPSA) is 63.4 Å². The third-order valence-electron chi connectivity index (χ3n) is 2.07. The first-order chi connectivity index (χ1) is 6.16. The second kappa shape index (κ2) is 3.94. The number of carbonyl (C=O) groups excluding carboxylic acids is 2. The summed E-state index contributed by atoms with van der Waals surface area (Å²) in [6, 6.07) is -0.451. The highest BCUT2D eigenvalue weighted by Gasteiger charge is 2.31. The standard InChI is InChI=1S/C9H12N2O2/c1-2-4-8(12)11-6-3-5-7(11)9(10)13/h7H,3,5-6H2,1H3,(H2,10,13). The first-order valence-corrected chi connectivity index (χ1v) is 4.19. The van der Waals surface area contributed by atoms with Gasteiger partial charge in [-0.3, -0.25) is 9.59 Å². The summed E-state index contributed by atoms with van der Waals surface area (Å²) in [5, 5.41) is 0. The molecule has 0 spiro atoms. The van der Waals surface area contributed by atoms with Crippen LogP contribution < -0.4 is 5.73 Å². The van der Waals surface area contributed by atoms with E-state index in [1.165, 1.54) is 4.90 Å². The number of amides is 2. The lowest BCUT2D eigenvalue weighted by atomic mass is 10.2. The first-order valence-electron chi connectivity index (χ1n) is 4.19. The lowest BCUT2D eigenvalue weighted by Crippen LogP contribution is -2.43. The lowest BCUT2D eigenvalue weighted by Gasteiger charge is -2.18. The molecule has 1 atom stereocenters. The number of likely N-dealkylation sites (tertiary alicyclic amines) is 1. The predicted molar refractivity (Wildman–Crippen MR) is 47.4 cm³/mol. The Balaban J connectivity index is 2.72. The summed E-state index contributed by atoms with van der Waals surface area (Å²) in [5.41, 5.74) is 5.14. The minimum absolute atomic E-state index is 0.302. The van der Waals surface area contributed by atoms with Crippen LogP contribution in [0.4, 0.5) is 0 Å². The van der Waals surface area contributed by atoms with Crippen LogP contribution in [-0.4, -0.2) is 29.3 Å². The molecule has 1 saturated heterocycles. The van der Waals surface area contributed by atoms with E-state index in [4.69, 9.17) is 5.73 Å². The van der Waals surface area contributed by atoms with Gasteiger partial charge in [-0.05, 0) is 25.7 Å². The lowest BCUT2D eigenvalue weighted by molar-refractivity contribution is -0.132. The van der Waals surface area contributed by atoms with Crippen LogP contribution in [0.25, 0.3) is 0 Å². The summed E-state index contributed by atoms with van der Waals surface area (Å²) >= 11 is 0. The summed E-state index contributed by atoms with van der Waals surface area (Å²) in [5.74, 6) is 4.17.